The smallest absolute Gasteiger partial charge is 0.315 e. The normalized spacial score (nSPS) is 15.3. The highest BCUT2D eigenvalue weighted by atomic mass is 35.5. The monoisotopic (exact) mass is 342 g/mol. The fourth-order valence-corrected chi connectivity index (χ4v) is 2.30. The molecule has 0 bridgehead atoms. The van der Waals surface area contributed by atoms with Crippen LogP contribution in [0, 0.1) is 18.6 Å². The summed E-state index contributed by atoms with van der Waals surface area (Å²) in [6.07, 6.45) is 1.35. The topological polar surface area (TPSA) is 80.0 Å². The molecular formula is C14H13ClF2N4O2. The van der Waals surface area contributed by atoms with Crippen molar-refractivity contribution in [2.75, 3.05) is 0 Å². The lowest BCUT2D eigenvalue weighted by Gasteiger charge is -2.14. The van der Waals surface area contributed by atoms with Crippen molar-refractivity contribution < 1.29 is 18.1 Å². The number of benzene rings is 1. The third-order valence-corrected chi connectivity index (χ3v) is 3.86. The maximum absolute atomic E-state index is 13.6. The Bertz CT molecular complexity index is 761. The second-order valence-corrected chi connectivity index (χ2v) is 5.80. The summed E-state index contributed by atoms with van der Waals surface area (Å²) in [5.74, 6) is -0.614. The van der Waals surface area contributed by atoms with E-state index in [-0.39, 0.29) is 17.1 Å². The van der Waals surface area contributed by atoms with Crippen LogP contribution in [-0.4, -0.2) is 16.2 Å². The fourth-order valence-electron chi connectivity index (χ4n) is 2.15. The molecule has 2 aromatic rings. The lowest BCUT2D eigenvalue weighted by molar-refractivity contribution is 0.229. The third kappa shape index (κ3) is 3.26. The number of aryl methyl sites for hydroxylation is 1. The van der Waals surface area contributed by atoms with Crippen molar-refractivity contribution in [3.63, 3.8) is 0 Å². The third-order valence-electron chi connectivity index (χ3n) is 3.57. The van der Waals surface area contributed by atoms with E-state index in [1.165, 1.54) is 0 Å². The lowest BCUT2D eigenvalue weighted by atomic mass is 10.2. The number of halogens is 3. The Kier molecular flexibility index (Phi) is 3.93. The van der Waals surface area contributed by atoms with Gasteiger partial charge in [0.25, 0.3) is 5.89 Å². The molecule has 0 unspecified atom stereocenters. The SMILES string of the molecule is Cc1noc(C2(NC(=O)NCc3cc(F)c(Cl)cc3F)CC2)n1. The number of carbonyl (C=O) groups is 1. The number of nitrogens with zero attached hydrogens (tertiary/aromatic N) is 2. The van der Waals surface area contributed by atoms with Crippen LogP contribution >= 0.6 is 11.6 Å². The Labute approximate surface area is 135 Å². The average Bonchev–Trinajstić information content (AvgIpc) is 3.13. The van der Waals surface area contributed by atoms with Crippen molar-refractivity contribution in [2.45, 2.75) is 31.8 Å². The summed E-state index contributed by atoms with van der Waals surface area (Å²) in [5, 5.41) is 8.58. The molecular weight excluding hydrogens is 330 g/mol. The maximum Gasteiger partial charge on any atom is 0.315 e. The van der Waals surface area contributed by atoms with E-state index in [1.807, 2.05) is 0 Å². The van der Waals surface area contributed by atoms with Gasteiger partial charge in [-0.1, -0.05) is 16.8 Å². The molecule has 1 heterocycles. The second-order valence-electron chi connectivity index (χ2n) is 5.39. The minimum Gasteiger partial charge on any atom is -0.337 e. The van der Waals surface area contributed by atoms with E-state index in [0.717, 1.165) is 12.1 Å². The molecule has 122 valence electrons. The largest absolute Gasteiger partial charge is 0.337 e. The van der Waals surface area contributed by atoms with E-state index >= 15 is 0 Å². The lowest BCUT2D eigenvalue weighted by Crippen LogP contribution is -2.42. The van der Waals surface area contributed by atoms with E-state index < -0.39 is 23.2 Å². The maximum atomic E-state index is 13.6. The first kappa shape index (κ1) is 15.7. The highest BCUT2D eigenvalue weighted by Crippen LogP contribution is 2.44. The van der Waals surface area contributed by atoms with Gasteiger partial charge in [0.1, 0.15) is 17.2 Å². The quantitative estimate of drug-likeness (QED) is 0.837. The Hall–Kier alpha value is -2.22. The number of hydrogen-bond donors (Lipinski definition) is 2. The number of aromatic nitrogens is 2. The minimum absolute atomic E-state index is 0.000492. The number of hydrogen-bond acceptors (Lipinski definition) is 4. The van der Waals surface area contributed by atoms with Gasteiger partial charge in [0.2, 0.25) is 0 Å². The van der Waals surface area contributed by atoms with Crippen molar-refractivity contribution in [2.24, 2.45) is 0 Å². The second kappa shape index (κ2) is 5.77. The zero-order valence-electron chi connectivity index (χ0n) is 12.1. The predicted octanol–water partition coefficient (Wildman–Crippen LogP) is 2.80. The van der Waals surface area contributed by atoms with Crippen LogP contribution in [0.3, 0.4) is 0 Å². The van der Waals surface area contributed by atoms with Gasteiger partial charge >= 0.3 is 6.03 Å². The molecule has 9 heteroatoms. The summed E-state index contributed by atoms with van der Waals surface area (Å²) in [7, 11) is 0. The Morgan fingerprint density at radius 2 is 2.13 bits per heavy atom. The van der Waals surface area contributed by atoms with E-state index in [1.54, 1.807) is 6.92 Å². The minimum atomic E-state index is -0.745. The molecule has 0 spiro atoms. The average molecular weight is 343 g/mol. The van der Waals surface area contributed by atoms with Gasteiger partial charge in [-0.05, 0) is 31.9 Å². The van der Waals surface area contributed by atoms with Crippen molar-refractivity contribution in [3.8, 4) is 0 Å². The molecule has 1 saturated carbocycles. The molecule has 1 aliphatic carbocycles. The molecule has 0 aliphatic heterocycles. The van der Waals surface area contributed by atoms with Gasteiger partial charge in [0.15, 0.2) is 5.82 Å². The molecule has 1 aromatic heterocycles. The number of rotatable bonds is 4. The summed E-state index contributed by atoms with van der Waals surface area (Å²) in [6.45, 7) is 1.51. The summed E-state index contributed by atoms with van der Waals surface area (Å²) >= 11 is 5.48. The van der Waals surface area contributed by atoms with Gasteiger partial charge in [-0.15, -0.1) is 0 Å². The van der Waals surface area contributed by atoms with Crippen LogP contribution in [-0.2, 0) is 12.1 Å². The van der Waals surface area contributed by atoms with Crippen LogP contribution in [0.2, 0.25) is 5.02 Å². The Morgan fingerprint density at radius 3 is 2.74 bits per heavy atom. The first-order valence-corrected chi connectivity index (χ1v) is 7.28. The summed E-state index contributed by atoms with van der Waals surface area (Å²) in [4.78, 5) is 16.1. The van der Waals surface area contributed by atoms with E-state index in [9.17, 15) is 13.6 Å². The molecule has 6 nitrogen and oxygen atoms in total. The highest BCUT2D eigenvalue weighted by Gasteiger charge is 2.50. The summed E-state index contributed by atoms with van der Waals surface area (Å²) in [6, 6.07) is 1.29. The number of amides is 2. The molecule has 0 saturated heterocycles. The van der Waals surface area contributed by atoms with Crippen molar-refractivity contribution in [1.82, 2.24) is 20.8 Å². The van der Waals surface area contributed by atoms with Crippen LogP contribution in [0.15, 0.2) is 16.7 Å². The first-order valence-electron chi connectivity index (χ1n) is 6.90. The van der Waals surface area contributed by atoms with Crippen LogP contribution in [0.5, 0.6) is 0 Å². The molecule has 3 rings (SSSR count). The van der Waals surface area contributed by atoms with Crippen molar-refractivity contribution in [1.29, 1.82) is 0 Å². The summed E-state index contributed by atoms with van der Waals surface area (Å²) in [5.41, 5.74) is -0.671. The van der Waals surface area contributed by atoms with E-state index in [2.05, 4.69) is 20.8 Å². The molecule has 1 fully saturated rings. The first-order chi connectivity index (χ1) is 10.9. The van der Waals surface area contributed by atoms with Crippen LogP contribution in [0.4, 0.5) is 13.6 Å². The molecule has 0 radical (unpaired) electrons. The van der Waals surface area contributed by atoms with Gasteiger partial charge < -0.3 is 15.2 Å². The standard InChI is InChI=1S/C14H13ClF2N4O2/c1-7-19-12(23-21-7)14(2-3-14)20-13(22)18-6-8-4-11(17)9(15)5-10(8)16/h4-5H,2-3,6H2,1H3,(H2,18,20,22). The van der Waals surface area contributed by atoms with Gasteiger partial charge in [0, 0.05) is 12.1 Å². The molecule has 2 N–H and O–H groups in total. The van der Waals surface area contributed by atoms with Gasteiger partial charge in [0.05, 0.1) is 5.02 Å². The van der Waals surface area contributed by atoms with Crippen molar-refractivity contribution in [3.05, 3.63) is 46.1 Å². The molecule has 0 atom stereocenters. The van der Waals surface area contributed by atoms with Crippen molar-refractivity contribution >= 4 is 17.6 Å². The van der Waals surface area contributed by atoms with E-state index in [0.29, 0.717) is 24.6 Å². The number of urea groups is 1. The molecule has 1 aromatic carbocycles. The van der Waals surface area contributed by atoms with Gasteiger partial charge in [-0.25, -0.2) is 13.6 Å². The van der Waals surface area contributed by atoms with Crippen LogP contribution in [0.25, 0.3) is 0 Å². The zero-order valence-corrected chi connectivity index (χ0v) is 12.9. The number of nitrogens with one attached hydrogen (secondary N) is 2. The Morgan fingerprint density at radius 1 is 1.39 bits per heavy atom. The van der Waals surface area contributed by atoms with Crippen LogP contribution in [0.1, 0.15) is 30.1 Å². The van der Waals surface area contributed by atoms with Gasteiger partial charge in [-0.2, -0.15) is 4.98 Å². The predicted molar refractivity (Wildman–Crippen MR) is 76.7 cm³/mol. The molecule has 23 heavy (non-hydrogen) atoms. The Balaban J connectivity index is 1.61. The summed E-state index contributed by atoms with van der Waals surface area (Å²) < 4.78 is 32.1. The number of carbonyl (C=O) groups excluding carboxylic acids is 1. The highest BCUT2D eigenvalue weighted by molar-refractivity contribution is 6.30. The zero-order chi connectivity index (χ0) is 16.6. The van der Waals surface area contributed by atoms with E-state index in [4.69, 9.17) is 16.1 Å². The molecule has 2 amide bonds. The fraction of sp³-hybridized carbons (Fsp3) is 0.357. The van der Waals surface area contributed by atoms with Crippen LogP contribution < -0.4 is 10.6 Å². The van der Waals surface area contributed by atoms with Gasteiger partial charge in [-0.3, -0.25) is 0 Å². The molecule has 1 aliphatic rings.